The third-order valence-corrected chi connectivity index (χ3v) is 2.84. The second kappa shape index (κ2) is 7.76. The maximum absolute atomic E-state index is 11.5. The molecule has 5 N–H and O–H groups in total. The zero-order valence-corrected chi connectivity index (χ0v) is 11.2. The van der Waals surface area contributed by atoms with Crippen molar-refractivity contribution in [1.82, 2.24) is 0 Å². The first-order chi connectivity index (χ1) is 9.04. The fourth-order valence-electron chi connectivity index (χ4n) is 1.61. The number of carbonyl (C=O) groups excluding carboxylic acids is 1. The van der Waals surface area contributed by atoms with E-state index in [-0.39, 0.29) is 0 Å². The van der Waals surface area contributed by atoms with Crippen molar-refractivity contribution in [3.63, 3.8) is 0 Å². The van der Waals surface area contributed by atoms with E-state index in [1.807, 2.05) is 19.1 Å². The summed E-state index contributed by atoms with van der Waals surface area (Å²) in [6.07, 6.45) is 0.811. The van der Waals surface area contributed by atoms with Crippen molar-refractivity contribution in [3.8, 4) is 0 Å². The molecule has 0 spiro atoms. The van der Waals surface area contributed by atoms with E-state index in [1.54, 1.807) is 12.1 Å². The lowest BCUT2D eigenvalue weighted by atomic mass is 10.0. The van der Waals surface area contributed by atoms with E-state index >= 15 is 0 Å². The van der Waals surface area contributed by atoms with Gasteiger partial charge in [0.25, 0.3) is 0 Å². The molecule has 106 valence electrons. The molecule has 0 radical (unpaired) electrons. The fraction of sp³-hybridized carbons (Fsp3) is 0.500. The van der Waals surface area contributed by atoms with Crippen LogP contribution in [0.2, 0.25) is 0 Å². The number of nitrogen functional groups attached to an aromatic ring is 1. The zero-order chi connectivity index (χ0) is 14.3. The molecule has 1 aromatic carbocycles. The second-order valence-corrected chi connectivity index (χ2v) is 4.58. The highest BCUT2D eigenvalue weighted by molar-refractivity contribution is 5.75. The van der Waals surface area contributed by atoms with Crippen LogP contribution >= 0.6 is 0 Å². The second-order valence-electron chi connectivity index (χ2n) is 4.58. The van der Waals surface area contributed by atoms with Gasteiger partial charge in [0.05, 0.1) is 6.61 Å². The zero-order valence-electron chi connectivity index (χ0n) is 11.2. The first-order valence-electron chi connectivity index (χ1n) is 6.49. The quantitative estimate of drug-likeness (QED) is 0.386. The molecule has 1 rings (SSSR count). The van der Waals surface area contributed by atoms with E-state index in [1.165, 1.54) is 0 Å². The number of rotatable bonds is 7. The van der Waals surface area contributed by atoms with Gasteiger partial charge in [0.15, 0.2) is 6.10 Å². The van der Waals surface area contributed by atoms with E-state index < -0.39 is 18.1 Å². The Morgan fingerprint density at radius 3 is 2.58 bits per heavy atom. The first-order valence-corrected chi connectivity index (χ1v) is 6.49. The van der Waals surface area contributed by atoms with Crippen LogP contribution in [0.4, 0.5) is 5.69 Å². The molecule has 19 heavy (non-hydrogen) atoms. The monoisotopic (exact) mass is 266 g/mol. The van der Waals surface area contributed by atoms with Crippen LogP contribution in [0.25, 0.3) is 0 Å². The summed E-state index contributed by atoms with van der Waals surface area (Å²) >= 11 is 0. The lowest BCUT2D eigenvalue weighted by Gasteiger charge is -2.17. The van der Waals surface area contributed by atoms with Gasteiger partial charge in [-0.05, 0) is 30.5 Å². The molecule has 0 aliphatic rings. The first kappa shape index (κ1) is 15.5. The molecule has 1 aromatic rings. The van der Waals surface area contributed by atoms with Crippen LogP contribution in [0.15, 0.2) is 24.3 Å². The van der Waals surface area contributed by atoms with Crippen LogP contribution in [0.1, 0.15) is 25.3 Å². The van der Waals surface area contributed by atoms with Crippen molar-refractivity contribution in [3.05, 3.63) is 29.8 Å². The largest absolute Gasteiger partial charge is 0.464 e. The Balaban J connectivity index is 2.45. The average molecular weight is 266 g/mol. The van der Waals surface area contributed by atoms with E-state index in [0.717, 1.165) is 18.4 Å². The molecule has 5 nitrogen and oxygen atoms in total. The number of nitrogens with two attached hydrogens (primary N) is 2. The van der Waals surface area contributed by atoms with E-state index in [9.17, 15) is 9.90 Å². The summed E-state index contributed by atoms with van der Waals surface area (Å²) in [4.78, 5) is 11.5. The molecule has 0 aromatic heterocycles. The summed E-state index contributed by atoms with van der Waals surface area (Å²) in [6.45, 7) is 2.32. The molecule has 0 amide bonds. The number of hydrogen-bond acceptors (Lipinski definition) is 5. The molecule has 0 unspecified atom stereocenters. The third-order valence-electron chi connectivity index (χ3n) is 2.84. The molecule has 0 heterocycles. The molecular formula is C14H22N2O3. The molecule has 0 bridgehead atoms. The van der Waals surface area contributed by atoms with Gasteiger partial charge in [0.1, 0.15) is 0 Å². The number of carbonyl (C=O) groups is 1. The normalized spacial score (nSPS) is 13.8. The maximum atomic E-state index is 11.5. The van der Waals surface area contributed by atoms with Crippen molar-refractivity contribution < 1.29 is 14.6 Å². The molecule has 0 fully saturated rings. The molecular weight excluding hydrogens is 244 g/mol. The van der Waals surface area contributed by atoms with Gasteiger partial charge in [0, 0.05) is 11.7 Å². The number of esters is 1. The third kappa shape index (κ3) is 5.28. The Morgan fingerprint density at radius 1 is 1.37 bits per heavy atom. The van der Waals surface area contributed by atoms with Crippen molar-refractivity contribution in [2.75, 3.05) is 12.3 Å². The molecule has 5 heteroatoms. The Bertz CT molecular complexity index is 392. The van der Waals surface area contributed by atoms with Gasteiger partial charge in [-0.25, -0.2) is 4.79 Å². The predicted molar refractivity (Wildman–Crippen MR) is 74.4 cm³/mol. The smallest absolute Gasteiger partial charge is 0.336 e. The molecule has 0 saturated heterocycles. The van der Waals surface area contributed by atoms with E-state index in [0.29, 0.717) is 18.7 Å². The lowest BCUT2D eigenvalue weighted by molar-refractivity contribution is -0.154. The number of anilines is 1. The minimum atomic E-state index is -1.30. The number of unbranched alkanes of at least 4 members (excludes halogenated alkanes) is 1. The van der Waals surface area contributed by atoms with Crippen molar-refractivity contribution >= 4 is 11.7 Å². The van der Waals surface area contributed by atoms with Crippen molar-refractivity contribution in [2.24, 2.45) is 5.73 Å². The van der Waals surface area contributed by atoms with E-state index in [2.05, 4.69) is 0 Å². The van der Waals surface area contributed by atoms with Gasteiger partial charge in [-0.3, -0.25) is 0 Å². The maximum Gasteiger partial charge on any atom is 0.336 e. The Labute approximate surface area is 113 Å². The van der Waals surface area contributed by atoms with E-state index in [4.69, 9.17) is 16.2 Å². The van der Waals surface area contributed by atoms with Crippen LogP contribution in [0, 0.1) is 0 Å². The number of aliphatic hydroxyl groups is 1. The van der Waals surface area contributed by atoms with Crippen LogP contribution in [-0.2, 0) is 16.0 Å². The van der Waals surface area contributed by atoms with Gasteiger partial charge in [-0.1, -0.05) is 25.5 Å². The molecule has 0 saturated carbocycles. The summed E-state index contributed by atoms with van der Waals surface area (Å²) in [5.74, 6) is -0.656. The molecule has 0 aliphatic heterocycles. The predicted octanol–water partition coefficient (Wildman–Crippen LogP) is 0.843. The number of ether oxygens (including phenoxy) is 1. The Kier molecular flexibility index (Phi) is 6.32. The number of hydrogen-bond donors (Lipinski definition) is 3. The Morgan fingerprint density at radius 2 is 2.00 bits per heavy atom. The highest BCUT2D eigenvalue weighted by atomic mass is 16.5. The topological polar surface area (TPSA) is 98.6 Å². The lowest BCUT2D eigenvalue weighted by Crippen LogP contribution is -2.43. The van der Waals surface area contributed by atoms with Crippen molar-refractivity contribution in [1.29, 1.82) is 0 Å². The SMILES string of the molecule is CCCCOC(=O)[C@@H](O)[C@@H](N)Cc1ccc(N)cc1. The Hall–Kier alpha value is -1.59. The number of aliphatic hydroxyl groups excluding tert-OH is 1. The van der Waals surface area contributed by atoms with Crippen LogP contribution in [-0.4, -0.2) is 29.8 Å². The van der Waals surface area contributed by atoms with Crippen LogP contribution in [0.5, 0.6) is 0 Å². The highest BCUT2D eigenvalue weighted by Crippen LogP contribution is 2.09. The van der Waals surface area contributed by atoms with Gasteiger partial charge >= 0.3 is 5.97 Å². The van der Waals surface area contributed by atoms with Gasteiger partial charge in [-0.15, -0.1) is 0 Å². The summed E-state index contributed by atoms with van der Waals surface area (Å²) in [5, 5.41) is 9.78. The highest BCUT2D eigenvalue weighted by Gasteiger charge is 2.24. The van der Waals surface area contributed by atoms with Crippen molar-refractivity contribution in [2.45, 2.75) is 38.3 Å². The summed E-state index contributed by atoms with van der Waals surface area (Å²) < 4.78 is 4.93. The number of benzene rings is 1. The summed E-state index contributed by atoms with van der Waals surface area (Å²) in [7, 11) is 0. The fourth-order valence-corrected chi connectivity index (χ4v) is 1.61. The summed E-state index contributed by atoms with van der Waals surface area (Å²) in [5.41, 5.74) is 13.0. The summed E-state index contributed by atoms with van der Waals surface area (Å²) in [6, 6.07) is 6.48. The van der Waals surface area contributed by atoms with Gasteiger partial charge < -0.3 is 21.3 Å². The average Bonchev–Trinajstić information content (AvgIpc) is 2.40. The standard InChI is InChI=1S/C14H22N2O3/c1-2-3-8-19-14(18)13(17)12(16)9-10-4-6-11(15)7-5-10/h4-7,12-13,17H,2-3,8-9,15-16H2,1H3/t12-,13-/m0/s1. The van der Waals surface area contributed by atoms with Crippen LogP contribution < -0.4 is 11.5 Å². The minimum Gasteiger partial charge on any atom is -0.464 e. The van der Waals surface area contributed by atoms with Gasteiger partial charge in [0.2, 0.25) is 0 Å². The van der Waals surface area contributed by atoms with Crippen LogP contribution in [0.3, 0.4) is 0 Å². The van der Waals surface area contributed by atoms with Gasteiger partial charge in [-0.2, -0.15) is 0 Å². The minimum absolute atomic E-state index is 0.320. The molecule has 0 aliphatic carbocycles. The molecule has 2 atom stereocenters.